The van der Waals surface area contributed by atoms with Crippen molar-refractivity contribution in [2.24, 2.45) is 0 Å². The van der Waals surface area contributed by atoms with Gasteiger partial charge in [-0.2, -0.15) is 0 Å². The maximum absolute atomic E-state index is 14.8. The summed E-state index contributed by atoms with van der Waals surface area (Å²) in [5, 5.41) is 0. The standard InChI is InChI=1S/C16H26F2O6P2/c1-5-21-25(19,22-6-2)15(17)13-10-9-11-14(12-13)16(18)26(20,23-7-3)24-8-4/h9-12,15-16H,5-8H2,1-4H3. The number of hydrogen-bond donors (Lipinski definition) is 0. The van der Waals surface area contributed by atoms with Crippen LogP contribution < -0.4 is 0 Å². The number of benzene rings is 1. The first-order valence-corrected chi connectivity index (χ1v) is 11.7. The fourth-order valence-corrected chi connectivity index (χ4v) is 5.44. The van der Waals surface area contributed by atoms with Crippen molar-refractivity contribution >= 4 is 15.2 Å². The molecular weight excluding hydrogens is 388 g/mol. The highest BCUT2D eigenvalue weighted by molar-refractivity contribution is 7.54. The molecule has 10 heteroatoms. The van der Waals surface area contributed by atoms with Crippen molar-refractivity contribution in [3.05, 3.63) is 35.4 Å². The molecule has 0 fully saturated rings. The van der Waals surface area contributed by atoms with E-state index in [1.165, 1.54) is 18.2 Å². The molecule has 1 rings (SSSR count). The Kier molecular flexibility index (Phi) is 9.59. The first kappa shape index (κ1) is 23.4. The smallest absolute Gasteiger partial charge is 0.307 e. The molecule has 0 N–H and O–H groups in total. The highest BCUT2D eigenvalue weighted by Gasteiger charge is 2.40. The van der Waals surface area contributed by atoms with Crippen LogP contribution in [0.3, 0.4) is 0 Å². The molecule has 1 aromatic rings. The van der Waals surface area contributed by atoms with E-state index in [9.17, 15) is 17.9 Å². The van der Waals surface area contributed by atoms with E-state index in [4.69, 9.17) is 18.1 Å². The van der Waals surface area contributed by atoms with Gasteiger partial charge < -0.3 is 18.1 Å². The van der Waals surface area contributed by atoms with Gasteiger partial charge in [0.1, 0.15) is 0 Å². The van der Waals surface area contributed by atoms with Crippen LogP contribution in [0.4, 0.5) is 8.78 Å². The Balaban J connectivity index is 3.20. The molecule has 0 heterocycles. The van der Waals surface area contributed by atoms with E-state index in [-0.39, 0.29) is 37.6 Å². The van der Waals surface area contributed by atoms with Crippen molar-refractivity contribution in [2.45, 2.75) is 39.5 Å². The molecule has 0 aliphatic heterocycles. The number of halogens is 2. The molecule has 2 unspecified atom stereocenters. The van der Waals surface area contributed by atoms with Gasteiger partial charge in [-0.15, -0.1) is 0 Å². The molecule has 0 bridgehead atoms. The summed E-state index contributed by atoms with van der Waals surface area (Å²) >= 11 is 0. The average molecular weight is 414 g/mol. The molecule has 26 heavy (non-hydrogen) atoms. The van der Waals surface area contributed by atoms with Crippen LogP contribution in [0.25, 0.3) is 0 Å². The second kappa shape index (κ2) is 10.6. The van der Waals surface area contributed by atoms with Crippen molar-refractivity contribution in [1.82, 2.24) is 0 Å². The van der Waals surface area contributed by atoms with Crippen LogP contribution >= 0.6 is 15.2 Å². The Morgan fingerprint density at radius 3 is 1.35 bits per heavy atom. The SMILES string of the molecule is CCOP(=O)(OCC)C(F)c1cccc(C(F)P(=O)(OCC)OCC)c1. The highest BCUT2D eigenvalue weighted by Crippen LogP contribution is 2.64. The molecule has 0 aliphatic rings. The molecular formula is C16H26F2O6P2. The van der Waals surface area contributed by atoms with Gasteiger partial charge >= 0.3 is 15.2 Å². The average Bonchev–Trinajstić information content (AvgIpc) is 2.61. The van der Waals surface area contributed by atoms with E-state index in [1.54, 1.807) is 27.7 Å². The molecule has 0 saturated heterocycles. The van der Waals surface area contributed by atoms with Gasteiger partial charge in [0.15, 0.2) is 0 Å². The van der Waals surface area contributed by atoms with Crippen LogP contribution in [0, 0.1) is 0 Å². The molecule has 0 saturated carbocycles. The minimum atomic E-state index is -4.07. The zero-order chi connectivity index (χ0) is 19.8. The summed E-state index contributed by atoms with van der Waals surface area (Å²) in [5.41, 5.74) is -0.204. The molecule has 0 spiro atoms. The third kappa shape index (κ3) is 5.69. The summed E-state index contributed by atoms with van der Waals surface area (Å²) in [6.45, 7) is 6.22. The maximum atomic E-state index is 14.8. The summed E-state index contributed by atoms with van der Waals surface area (Å²) in [6, 6.07) is 5.16. The van der Waals surface area contributed by atoms with E-state index in [0.717, 1.165) is 6.07 Å². The molecule has 1 aromatic carbocycles. The molecule has 0 aromatic heterocycles. The molecule has 150 valence electrons. The van der Waals surface area contributed by atoms with Crippen molar-refractivity contribution < 1.29 is 36.0 Å². The van der Waals surface area contributed by atoms with Crippen LogP contribution in [0.15, 0.2) is 24.3 Å². The van der Waals surface area contributed by atoms with Gasteiger partial charge in [-0.25, -0.2) is 8.78 Å². The lowest BCUT2D eigenvalue weighted by Gasteiger charge is -2.23. The van der Waals surface area contributed by atoms with Gasteiger partial charge in [-0.05, 0) is 44.9 Å². The van der Waals surface area contributed by atoms with E-state index < -0.39 is 27.0 Å². The van der Waals surface area contributed by atoms with E-state index in [1.807, 2.05) is 0 Å². The van der Waals surface area contributed by atoms with Crippen LogP contribution in [-0.2, 0) is 27.2 Å². The minimum absolute atomic E-state index is 0.00694. The first-order chi connectivity index (χ1) is 12.3. The summed E-state index contributed by atoms with van der Waals surface area (Å²) in [5.74, 6) is -4.21. The minimum Gasteiger partial charge on any atom is -0.307 e. The molecule has 2 atom stereocenters. The molecule has 0 radical (unpaired) electrons. The Labute approximate surface area is 153 Å². The lowest BCUT2D eigenvalue weighted by atomic mass is 10.1. The van der Waals surface area contributed by atoms with Gasteiger partial charge in [0.25, 0.3) is 0 Å². The summed E-state index contributed by atoms with van der Waals surface area (Å²) in [4.78, 5) is 0. The third-order valence-electron chi connectivity index (χ3n) is 3.25. The van der Waals surface area contributed by atoms with Gasteiger partial charge in [0.2, 0.25) is 11.8 Å². The summed E-state index contributed by atoms with van der Waals surface area (Å²) in [6.07, 6.45) is 0. The Hall–Kier alpha value is -0.620. The number of hydrogen-bond acceptors (Lipinski definition) is 6. The number of alkyl halides is 2. The van der Waals surface area contributed by atoms with Crippen molar-refractivity contribution in [1.29, 1.82) is 0 Å². The second-order valence-corrected chi connectivity index (χ2v) is 9.19. The predicted molar refractivity (Wildman–Crippen MR) is 95.9 cm³/mol. The Morgan fingerprint density at radius 2 is 1.08 bits per heavy atom. The third-order valence-corrected chi connectivity index (χ3v) is 7.43. The van der Waals surface area contributed by atoms with Crippen molar-refractivity contribution in [2.75, 3.05) is 26.4 Å². The zero-order valence-corrected chi connectivity index (χ0v) is 17.2. The second-order valence-electron chi connectivity index (χ2n) is 5.09. The predicted octanol–water partition coefficient (Wildman–Crippen LogP) is 6.16. The topological polar surface area (TPSA) is 71.1 Å². The molecule has 0 amide bonds. The van der Waals surface area contributed by atoms with E-state index in [2.05, 4.69) is 0 Å². The van der Waals surface area contributed by atoms with Crippen LogP contribution in [0.1, 0.15) is 50.6 Å². The lowest BCUT2D eigenvalue weighted by molar-refractivity contribution is 0.189. The molecule has 0 aliphatic carbocycles. The monoisotopic (exact) mass is 414 g/mol. The van der Waals surface area contributed by atoms with Crippen LogP contribution in [-0.4, -0.2) is 26.4 Å². The van der Waals surface area contributed by atoms with Gasteiger partial charge in [-0.1, -0.05) is 18.2 Å². The first-order valence-electron chi connectivity index (χ1n) is 8.43. The summed E-state index contributed by atoms with van der Waals surface area (Å²) < 4.78 is 74.8. The normalized spacial score (nSPS) is 15.0. The quantitative estimate of drug-likeness (QED) is 0.382. The highest BCUT2D eigenvalue weighted by atomic mass is 31.2. The lowest BCUT2D eigenvalue weighted by Crippen LogP contribution is -2.05. The number of rotatable bonds is 12. The van der Waals surface area contributed by atoms with E-state index in [0.29, 0.717) is 0 Å². The van der Waals surface area contributed by atoms with Crippen LogP contribution in [0.5, 0.6) is 0 Å². The Bertz CT molecular complexity index is 586. The zero-order valence-electron chi connectivity index (χ0n) is 15.4. The van der Waals surface area contributed by atoms with Gasteiger partial charge in [0, 0.05) is 0 Å². The Morgan fingerprint density at radius 1 is 0.769 bits per heavy atom. The van der Waals surface area contributed by atoms with Gasteiger partial charge in [0.05, 0.1) is 26.4 Å². The fraction of sp³-hybridized carbons (Fsp3) is 0.625. The fourth-order valence-electron chi connectivity index (χ4n) is 2.28. The largest absolute Gasteiger partial charge is 0.369 e. The van der Waals surface area contributed by atoms with Crippen molar-refractivity contribution in [3.8, 4) is 0 Å². The van der Waals surface area contributed by atoms with Crippen LogP contribution in [0.2, 0.25) is 0 Å². The van der Waals surface area contributed by atoms with E-state index >= 15 is 0 Å². The van der Waals surface area contributed by atoms with Crippen molar-refractivity contribution in [3.63, 3.8) is 0 Å². The summed E-state index contributed by atoms with van der Waals surface area (Å²) in [7, 11) is -8.14. The van der Waals surface area contributed by atoms with Gasteiger partial charge in [-0.3, -0.25) is 9.13 Å². The molecule has 6 nitrogen and oxygen atoms in total. The maximum Gasteiger partial charge on any atom is 0.369 e.